The van der Waals surface area contributed by atoms with Crippen LogP contribution >= 0.6 is 0 Å². The summed E-state index contributed by atoms with van der Waals surface area (Å²) in [6, 6.07) is 7.74. The zero-order valence-corrected chi connectivity index (χ0v) is 18.6. The number of rotatable bonds is 6. The van der Waals surface area contributed by atoms with Crippen molar-refractivity contribution in [3.8, 4) is 0 Å². The van der Waals surface area contributed by atoms with Crippen LogP contribution in [0.1, 0.15) is 56.0 Å². The normalized spacial score (nSPS) is 14.1. The molecule has 0 aliphatic carbocycles. The number of carbonyl (C=O) groups excluding carboxylic acids is 2. The Morgan fingerprint density at radius 2 is 2.00 bits per heavy atom. The number of benzene rings is 1. The average Bonchev–Trinajstić information content (AvgIpc) is 3.34. The molecule has 31 heavy (non-hydrogen) atoms. The average molecular weight is 420 g/mol. The van der Waals surface area contributed by atoms with E-state index in [0.29, 0.717) is 31.5 Å². The number of fused-ring (bicyclic) bond motifs is 1. The Hall–Kier alpha value is -3.22. The van der Waals surface area contributed by atoms with E-state index in [1.165, 1.54) is 0 Å². The van der Waals surface area contributed by atoms with Crippen LogP contribution in [0.15, 0.2) is 30.5 Å². The Labute approximate surface area is 182 Å². The minimum atomic E-state index is -0.0733. The molecular weight excluding hydrogens is 390 g/mol. The maximum Gasteiger partial charge on any atom is 0.227 e. The Kier molecular flexibility index (Phi) is 5.76. The Bertz CT molecular complexity index is 1150. The minimum Gasteiger partial charge on any atom is -0.324 e. The number of nitrogens with zero attached hydrogens (tertiary/aromatic N) is 4. The molecule has 7 nitrogen and oxygen atoms in total. The molecule has 2 amide bonds. The lowest BCUT2D eigenvalue weighted by molar-refractivity contribution is -0.117. The fourth-order valence-corrected chi connectivity index (χ4v) is 4.31. The van der Waals surface area contributed by atoms with Gasteiger partial charge < -0.3 is 10.2 Å². The van der Waals surface area contributed by atoms with Gasteiger partial charge in [0.1, 0.15) is 0 Å². The third-order valence-corrected chi connectivity index (χ3v) is 5.97. The number of aromatic nitrogens is 3. The van der Waals surface area contributed by atoms with Crippen LogP contribution in [0.2, 0.25) is 0 Å². The summed E-state index contributed by atoms with van der Waals surface area (Å²) in [5.41, 5.74) is 5.50. The van der Waals surface area contributed by atoms with Gasteiger partial charge in [0.05, 0.1) is 17.6 Å². The molecule has 162 valence electrons. The van der Waals surface area contributed by atoms with Crippen LogP contribution in [0.4, 0.5) is 11.4 Å². The second kappa shape index (κ2) is 8.49. The third-order valence-electron chi connectivity index (χ3n) is 5.97. The van der Waals surface area contributed by atoms with E-state index in [1.807, 2.05) is 42.1 Å². The number of amides is 2. The van der Waals surface area contributed by atoms with Crippen LogP contribution in [0, 0.1) is 13.8 Å². The van der Waals surface area contributed by atoms with E-state index in [4.69, 9.17) is 4.98 Å². The predicted octanol–water partition coefficient (Wildman–Crippen LogP) is 4.33. The van der Waals surface area contributed by atoms with E-state index >= 15 is 0 Å². The number of para-hydroxylation sites is 2. The molecule has 3 heterocycles. The Morgan fingerprint density at radius 1 is 1.23 bits per heavy atom. The molecule has 0 bridgehead atoms. The predicted molar refractivity (Wildman–Crippen MR) is 122 cm³/mol. The fraction of sp³-hybridized carbons (Fsp3) is 0.417. The van der Waals surface area contributed by atoms with Crippen LogP contribution in [-0.4, -0.2) is 33.1 Å². The van der Waals surface area contributed by atoms with Gasteiger partial charge in [-0.1, -0.05) is 12.1 Å². The highest BCUT2D eigenvalue weighted by Gasteiger charge is 2.24. The molecule has 3 aromatic rings. The molecule has 2 aromatic heterocycles. The van der Waals surface area contributed by atoms with Crippen molar-refractivity contribution in [1.82, 2.24) is 14.8 Å². The molecule has 4 rings (SSSR count). The first kappa shape index (κ1) is 21.0. The van der Waals surface area contributed by atoms with Crippen molar-refractivity contribution in [2.75, 3.05) is 16.8 Å². The molecule has 0 saturated carbocycles. The van der Waals surface area contributed by atoms with E-state index in [1.54, 1.807) is 4.90 Å². The molecule has 1 N–H and O–H groups in total. The first-order valence-corrected chi connectivity index (χ1v) is 10.9. The van der Waals surface area contributed by atoms with E-state index in [2.05, 4.69) is 31.2 Å². The van der Waals surface area contributed by atoms with E-state index in [9.17, 15) is 9.59 Å². The first-order chi connectivity index (χ1) is 14.9. The van der Waals surface area contributed by atoms with Crippen molar-refractivity contribution in [3.63, 3.8) is 0 Å². The summed E-state index contributed by atoms with van der Waals surface area (Å²) in [5.74, 6) is 0.0325. The summed E-state index contributed by atoms with van der Waals surface area (Å²) < 4.78 is 1.93. The molecular formula is C24H29N5O2. The highest BCUT2D eigenvalue weighted by molar-refractivity contribution is 6.02. The lowest BCUT2D eigenvalue weighted by atomic mass is 10.0. The van der Waals surface area contributed by atoms with Gasteiger partial charge in [0.15, 0.2) is 5.65 Å². The number of anilines is 2. The summed E-state index contributed by atoms with van der Waals surface area (Å²) in [6.07, 6.45) is 4.22. The largest absolute Gasteiger partial charge is 0.324 e. The standard InChI is InChI=1S/C24H29N5O2/c1-15(2)29-24-19(14-25-29)16(3)18(17(4)26-24)11-12-22(30)27-20-8-5-6-9-21(20)28-13-7-10-23(28)31/h5-6,8-9,14-15H,7,10-13H2,1-4H3,(H,27,30). The highest BCUT2D eigenvalue weighted by atomic mass is 16.2. The van der Waals surface area contributed by atoms with E-state index in [-0.39, 0.29) is 17.9 Å². The van der Waals surface area contributed by atoms with Crippen LogP contribution in [0.5, 0.6) is 0 Å². The van der Waals surface area contributed by atoms with E-state index < -0.39 is 0 Å². The lowest BCUT2D eigenvalue weighted by Gasteiger charge is -2.20. The van der Waals surface area contributed by atoms with Crippen LogP contribution in [-0.2, 0) is 16.0 Å². The van der Waals surface area contributed by atoms with E-state index in [0.717, 1.165) is 40.0 Å². The number of hydrogen-bond donors (Lipinski definition) is 1. The molecule has 0 unspecified atom stereocenters. The van der Waals surface area contributed by atoms with Crippen molar-refractivity contribution < 1.29 is 9.59 Å². The SMILES string of the molecule is Cc1nc2c(cnn2C(C)C)c(C)c1CCC(=O)Nc1ccccc1N1CCCC1=O. The zero-order chi connectivity index (χ0) is 22.1. The van der Waals surface area contributed by atoms with Crippen molar-refractivity contribution in [2.45, 2.75) is 59.4 Å². The zero-order valence-electron chi connectivity index (χ0n) is 18.6. The van der Waals surface area contributed by atoms with Gasteiger partial charge in [0.25, 0.3) is 0 Å². The molecule has 0 spiro atoms. The van der Waals surface area contributed by atoms with Crippen LogP contribution in [0.3, 0.4) is 0 Å². The van der Waals surface area contributed by atoms with Gasteiger partial charge in [0, 0.05) is 36.5 Å². The number of pyridine rings is 1. The molecule has 0 atom stereocenters. The fourth-order valence-electron chi connectivity index (χ4n) is 4.31. The summed E-state index contributed by atoms with van der Waals surface area (Å²) in [6.45, 7) is 8.94. The molecule has 1 saturated heterocycles. The molecule has 0 radical (unpaired) electrons. The molecule has 1 aromatic carbocycles. The smallest absolute Gasteiger partial charge is 0.227 e. The monoisotopic (exact) mass is 419 g/mol. The molecule has 7 heteroatoms. The highest BCUT2D eigenvalue weighted by Crippen LogP contribution is 2.30. The van der Waals surface area contributed by atoms with Crippen molar-refractivity contribution in [3.05, 3.63) is 47.3 Å². The Balaban J connectivity index is 1.50. The molecule has 1 aliphatic heterocycles. The second-order valence-electron chi connectivity index (χ2n) is 8.44. The molecule has 1 fully saturated rings. The van der Waals surface area contributed by atoms with Gasteiger partial charge >= 0.3 is 0 Å². The van der Waals surface area contributed by atoms with Gasteiger partial charge in [-0.15, -0.1) is 0 Å². The van der Waals surface area contributed by atoms with Gasteiger partial charge in [-0.25, -0.2) is 9.67 Å². The summed E-state index contributed by atoms with van der Waals surface area (Å²) in [5, 5.41) is 8.52. The maximum absolute atomic E-state index is 12.8. The van der Waals surface area contributed by atoms with Crippen LogP contribution < -0.4 is 10.2 Å². The molecule has 1 aliphatic rings. The maximum atomic E-state index is 12.8. The van der Waals surface area contributed by atoms with Gasteiger partial charge in [-0.2, -0.15) is 5.10 Å². The van der Waals surface area contributed by atoms with Crippen LogP contribution in [0.25, 0.3) is 11.0 Å². The minimum absolute atomic E-state index is 0.0733. The first-order valence-electron chi connectivity index (χ1n) is 10.9. The van der Waals surface area contributed by atoms with Gasteiger partial charge in [0.2, 0.25) is 11.8 Å². The second-order valence-corrected chi connectivity index (χ2v) is 8.44. The quantitative estimate of drug-likeness (QED) is 0.645. The lowest BCUT2D eigenvalue weighted by Crippen LogP contribution is -2.25. The number of aryl methyl sites for hydroxylation is 2. The van der Waals surface area contributed by atoms with Crippen molar-refractivity contribution in [1.29, 1.82) is 0 Å². The van der Waals surface area contributed by atoms with Gasteiger partial charge in [-0.3, -0.25) is 9.59 Å². The summed E-state index contributed by atoms with van der Waals surface area (Å²) >= 11 is 0. The Morgan fingerprint density at radius 3 is 2.71 bits per heavy atom. The number of nitrogens with one attached hydrogen (secondary N) is 1. The summed E-state index contributed by atoms with van der Waals surface area (Å²) in [7, 11) is 0. The topological polar surface area (TPSA) is 80.1 Å². The number of hydrogen-bond acceptors (Lipinski definition) is 4. The summed E-state index contributed by atoms with van der Waals surface area (Å²) in [4.78, 5) is 31.4. The van der Waals surface area contributed by atoms with Crippen molar-refractivity contribution in [2.24, 2.45) is 0 Å². The number of carbonyl (C=O) groups is 2. The van der Waals surface area contributed by atoms with Gasteiger partial charge in [-0.05, 0) is 63.8 Å². The van der Waals surface area contributed by atoms with Crippen molar-refractivity contribution >= 4 is 34.2 Å². The third kappa shape index (κ3) is 4.04.